The molecule has 3 heterocycles. The summed E-state index contributed by atoms with van der Waals surface area (Å²) in [5, 5.41) is 18.0. The molecule has 31 heavy (non-hydrogen) atoms. The largest absolute Gasteiger partial charge is 0.493 e. The van der Waals surface area contributed by atoms with E-state index in [4.69, 9.17) is 24.4 Å². The molecule has 2 aliphatic heterocycles. The van der Waals surface area contributed by atoms with E-state index in [-0.39, 0.29) is 6.04 Å². The first-order valence-corrected chi connectivity index (χ1v) is 10.7. The molecule has 0 radical (unpaired) electrons. The van der Waals surface area contributed by atoms with Gasteiger partial charge in [-0.1, -0.05) is 30.3 Å². The Balaban J connectivity index is 1.61. The summed E-state index contributed by atoms with van der Waals surface area (Å²) in [6, 6.07) is 17.5. The molecule has 0 fully saturated rings. The summed E-state index contributed by atoms with van der Waals surface area (Å²) in [4.78, 5) is 12.3. The third-order valence-corrected chi connectivity index (χ3v) is 6.26. The predicted molar refractivity (Wildman–Crippen MR) is 116 cm³/mol. The standard InChI is InChI=1S/C23H20N2O5S/c1-28-19-9-4-7-15(22(19)29-13-21(26)27)23-25-17(14-6-2-3-8-18(14)30-23)12-16(24-25)20-10-5-11-31-20/h2-11,17,23H,12-13H2,1H3,(H,26,27)/t17-,23+/m1/s1. The van der Waals surface area contributed by atoms with Crippen molar-refractivity contribution < 1.29 is 24.1 Å². The Labute approximate surface area is 183 Å². The van der Waals surface area contributed by atoms with Crippen molar-refractivity contribution >= 4 is 23.0 Å². The molecule has 1 aromatic heterocycles. The summed E-state index contributed by atoms with van der Waals surface area (Å²) in [5.74, 6) is 0.502. The molecule has 158 valence electrons. The molecule has 3 aromatic rings. The zero-order valence-corrected chi connectivity index (χ0v) is 17.5. The number of methoxy groups -OCH3 is 1. The van der Waals surface area contributed by atoms with Crippen LogP contribution in [-0.4, -0.2) is 35.5 Å². The minimum absolute atomic E-state index is 0.00516. The van der Waals surface area contributed by atoms with Crippen molar-refractivity contribution in [1.29, 1.82) is 0 Å². The van der Waals surface area contributed by atoms with Crippen LogP contribution in [0, 0.1) is 0 Å². The van der Waals surface area contributed by atoms with E-state index in [0.717, 1.165) is 28.3 Å². The maximum atomic E-state index is 11.2. The topological polar surface area (TPSA) is 80.6 Å². The molecular formula is C23H20N2O5S. The van der Waals surface area contributed by atoms with Gasteiger partial charge in [-0.15, -0.1) is 11.3 Å². The molecule has 7 nitrogen and oxygen atoms in total. The van der Waals surface area contributed by atoms with Crippen LogP contribution in [0.15, 0.2) is 65.1 Å². The molecule has 0 bridgehead atoms. The quantitative estimate of drug-likeness (QED) is 0.614. The van der Waals surface area contributed by atoms with Crippen LogP contribution < -0.4 is 14.2 Å². The summed E-state index contributed by atoms with van der Waals surface area (Å²) in [6.45, 7) is -0.482. The molecule has 0 spiro atoms. The fourth-order valence-electron chi connectivity index (χ4n) is 4.01. The highest BCUT2D eigenvalue weighted by Crippen LogP contribution is 2.50. The molecular weight excluding hydrogens is 416 g/mol. The van der Waals surface area contributed by atoms with Crippen molar-refractivity contribution in [2.75, 3.05) is 13.7 Å². The normalized spacial score (nSPS) is 19.1. The smallest absolute Gasteiger partial charge is 0.341 e. The number of nitrogens with zero attached hydrogens (tertiary/aromatic N) is 2. The van der Waals surface area contributed by atoms with Gasteiger partial charge in [-0.3, -0.25) is 0 Å². The highest BCUT2D eigenvalue weighted by Gasteiger charge is 2.42. The van der Waals surface area contributed by atoms with Crippen LogP contribution in [0.5, 0.6) is 17.2 Å². The van der Waals surface area contributed by atoms with Crippen molar-refractivity contribution in [2.45, 2.75) is 18.7 Å². The van der Waals surface area contributed by atoms with Gasteiger partial charge in [0.2, 0.25) is 6.23 Å². The van der Waals surface area contributed by atoms with E-state index in [0.29, 0.717) is 17.1 Å². The van der Waals surface area contributed by atoms with Gasteiger partial charge in [0.15, 0.2) is 18.1 Å². The number of hydrogen-bond acceptors (Lipinski definition) is 7. The number of thiophene rings is 1. The van der Waals surface area contributed by atoms with Gasteiger partial charge >= 0.3 is 5.97 Å². The number of ether oxygens (including phenoxy) is 3. The second-order valence-corrected chi connectivity index (χ2v) is 8.14. The Kier molecular flexibility index (Phi) is 4.99. The molecule has 2 aromatic carbocycles. The first-order valence-electron chi connectivity index (χ1n) is 9.82. The van der Waals surface area contributed by atoms with Crippen molar-refractivity contribution in [3.05, 3.63) is 76.0 Å². The molecule has 2 atom stereocenters. The Morgan fingerprint density at radius 2 is 2.03 bits per heavy atom. The zero-order chi connectivity index (χ0) is 21.4. The Hall–Kier alpha value is -3.52. The fraction of sp³-hybridized carbons (Fsp3) is 0.217. The van der Waals surface area contributed by atoms with Gasteiger partial charge in [-0.05, 0) is 29.6 Å². The minimum Gasteiger partial charge on any atom is -0.493 e. The van der Waals surface area contributed by atoms with Crippen LogP contribution in [-0.2, 0) is 4.79 Å². The number of aliphatic carboxylic acids is 1. The molecule has 0 unspecified atom stereocenters. The molecule has 2 aliphatic rings. The lowest BCUT2D eigenvalue weighted by atomic mass is 9.97. The van der Waals surface area contributed by atoms with E-state index < -0.39 is 18.8 Å². The summed E-state index contributed by atoms with van der Waals surface area (Å²) in [5.41, 5.74) is 2.74. The third kappa shape index (κ3) is 3.48. The maximum Gasteiger partial charge on any atom is 0.341 e. The van der Waals surface area contributed by atoms with Gasteiger partial charge in [0.25, 0.3) is 0 Å². The lowest BCUT2D eigenvalue weighted by Crippen LogP contribution is -2.34. The van der Waals surface area contributed by atoms with E-state index in [1.807, 2.05) is 46.8 Å². The van der Waals surface area contributed by atoms with Crippen LogP contribution in [0.25, 0.3) is 0 Å². The number of hydrazone groups is 1. The first kappa shape index (κ1) is 19.4. The predicted octanol–water partition coefficient (Wildman–Crippen LogP) is 4.46. The van der Waals surface area contributed by atoms with Crippen molar-refractivity contribution in [3.8, 4) is 17.2 Å². The number of rotatable bonds is 6. The third-order valence-electron chi connectivity index (χ3n) is 5.34. The van der Waals surface area contributed by atoms with E-state index in [9.17, 15) is 4.79 Å². The Morgan fingerprint density at radius 3 is 2.81 bits per heavy atom. The summed E-state index contributed by atoms with van der Waals surface area (Å²) in [6.07, 6.45) is 0.170. The van der Waals surface area contributed by atoms with Crippen molar-refractivity contribution in [1.82, 2.24) is 5.01 Å². The lowest BCUT2D eigenvalue weighted by molar-refractivity contribution is -0.139. The zero-order valence-electron chi connectivity index (χ0n) is 16.7. The number of benzene rings is 2. The summed E-state index contributed by atoms with van der Waals surface area (Å²) in [7, 11) is 1.52. The lowest BCUT2D eigenvalue weighted by Gasteiger charge is -2.38. The molecule has 8 heteroatoms. The second kappa shape index (κ2) is 7.96. The molecule has 0 saturated heterocycles. The second-order valence-electron chi connectivity index (χ2n) is 7.19. The SMILES string of the molecule is COc1cccc([C@@H]2Oc3ccccc3[C@H]3CC(c4cccs4)=NN32)c1OCC(=O)O. The van der Waals surface area contributed by atoms with Gasteiger partial charge in [-0.25, -0.2) is 9.80 Å². The molecule has 0 aliphatic carbocycles. The van der Waals surface area contributed by atoms with Gasteiger partial charge in [0.05, 0.1) is 29.3 Å². The van der Waals surface area contributed by atoms with Crippen LogP contribution in [0.1, 0.15) is 34.7 Å². The molecule has 5 rings (SSSR count). The number of para-hydroxylation sites is 2. The average molecular weight is 436 g/mol. The average Bonchev–Trinajstić information content (AvgIpc) is 3.47. The van der Waals surface area contributed by atoms with Crippen LogP contribution in [0.2, 0.25) is 0 Å². The number of carboxylic acids is 1. The highest BCUT2D eigenvalue weighted by molar-refractivity contribution is 7.12. The number of hydrogen-bond donors (Lipinski definition) is 1. The maximum absolute atomic E-state index is 11.2. The van der Waals surface area contributed by atoms with E-state index >= 15 is 0 Å². The first-order chi connectivity index (χ1) is 15.2. The van der Waals surface area contributed by atoms with Crippen molar-refractivity contribution in [2.24, 2.45) is 5.10 Å². The monoisotopic (exact) mass is 436 g/mol. The molecule has 1 N–H and O–H groups in total. The van der Waals surface area contributed by atoms with Crippen LogP contribution >= 0.6 is 11.3 Å². The molecule has 0 amide bonds. The number of carbonyl (C=O) groups is 1. The highest BCUT2D eigenvalue weighted by atomic mass is 32.1. The van der Waals surface area contributed by atoms with Crippen molar-refractivity contribution in [3.63, 3.8) is 0 Å². The van der Waals surface area contributed by atoms with Gasteiger partial charge in [-0.2, -0.15) is 5.10 Å². The minimum atomic E-state index is -1.07. The van der Waals surface area contributed by atoms with E-state index in [1.165, 1.54) is 7.11 Å². The van der Waals surface area contributed by atoms with Gasteiger partial charge in [0.1, 0.15) is 5.75 Å². The fourth-order valence-corrected chi connectivity index (χ4v) is 4.73. The van der Waals surface area contributed by atoms with E-state index in [2.05, 4.69) is 12.1 Å². The van der Waals surface area contributed by atoms with Crippen LogP contribution in [0.3, 0.4) is 0 Å². The summed E-state index contributed by atoms with van der Waals surface area (Å²) >= 11 is 1.66. The van der Waals surface area contributed by atoms with Gasteiger partial charge in [0, 0.05) is 12.0 Å². The molecule has 0 saturated carbocycles. The summed E-state index contributed by atoms with van der Waals surface area (Å²) < 4.78 is 17.5. The van der Waals surface area contributed by atoms with Crippen LogP contribution in [0.4, 0.5) is 0 Å². The number of fused-ring (bicyclic) bond motifs is 3. The van der Waals surface area contributed by atoms with E-state index in [1.54, 1.807) is 17.4 Å². The van der Waals surface area contributed by atoms with Gasteiger partial charge < -0.3 is 19.3 Å². The Bertz CT molecular complexity index is 1140. The number of carboxylic acid groups (broad SMARTS) is 1. The Morgan fingerprint density at radius 1 is 1.19 bits per heavy atom.